The predicted molar refractivity (Wildman–Crippen MR) is 84.5 cm³/mol. The molecule has 0 aliphatic heterocycles. The molecule has 0 heterocycles. The van der Waals surface area contributed by atoms with Gasteiger partial charge in [0, 0.05) is 18.6 Å². The van der Waals surface area contributed by atoms with Gasteiger partial charge >= 0.3 is 0 Å². The smallest absolute Gasteiger partial charge is 0.237 e. The summed E-state index contributed by atoms with van der Waals surface area (Å²) >= 11 is 0. The number of carbonyl (C=O) groups is 1. The summed E-state index contributed by atoms with van der Waals surface area (Å²) in [6, 6.07) is 0.616. The Morgan fingerprint density at radius 1 is 1.40 bits per heavy atom. The number of hydrogen-bond acceptors (Lipinski definition) is 3. The summed E-state index contributed by atoms with van der Waals surface area (Å²) in [6.07, 6.45) is 4.87. The molecule has 0 radical (unpaired) electrons. The predicted octanol–water partition coefficient (Wildman–Crippen LogP) is 2.13. The van der Waals surface area contributed by atoms with Crippen molar-refractivity contribution in [1.82, 2.24) is 10.2 Å². The second-order valence-corrected chi connectivity index (χ2v) is 6.93. The van der Waals surface area contributed by atoms with E-state index in [1.807, 2.05) is 6.92 Å². The summed E-state index contributed by atoms with van der Waals surface area (Å²) in [5.74, 6) is 0.605. The first-order chi connectivity index (χ1) is 9.28. The van der Waals surface area contributed by atoms with Gasteiger partial charge in [0.15, 0.2) is 0 Å². The van der Waals surface area contributed by atoms with Crippen molar-refractivity contribution >= 4 is 5.91 Å². The topological polar surface area (TPSA) is 58.4 Å². The van der Waals surface area contributed by atoms with Gasteiger partial charge in [0.25, 0.3) is 0 Å². The summed E-state index contributed by atoms with van der Waals surface area (Å²) in [6.45, 7) is 12.7. The first kappa shape index (κ1) is 17.4. The zero-order chi connectivity index (χ0) is 15.3. The van der Waals surface area contributed by atoms with Gasteiger partial charge in [0.2, 0.25) is 5.91 Å². The third-order valence-corrected chi connectivity index (χ3v) is 4.60. The van der Waals surface area contributed by atoms with Crippen LogP contribution in [0.1, 0.15) is 60.3 Å². The Hall–Kier alpha value is -0.610. The molecule has 0 bridgehead atoms. The van der Waals surface area contributed by atoms with E-state index in [-0.39, 0.29) is 11.9 Å². The largest absolute Gasteiger partial charge is 0.368 e. The minimum atomic E-state index is -0.624. The fourth-order valence-corrected chi connectivity index (χ4v) is 3.22. The van der Waals surface area contributed by atoms with Crippen molar-refractivity contribution in [2.75, 3.05) is 13.1 Å². The van der Waals surface area contributed by atoms with Crippen LogP contribution in [0, 0.1) is 5.92 Å². The summed E-state index contributed by atoms with van der Waals surface area (Å²) in [5.41, 5.74) is 5.00. The Labute approximate surface area is 124 Å². The molecule has 0 aromatic rings. The van der Waals surface area contributed by atoms with Gasteiger partial charge in [-0.2, -0.15) is 0 Å². The lowest BCUT2D eigenvalue weighted by Crippen LogP contribution is -2.58. The number of primary amides is 1. The molecule has 2 unspecified atom stereocenters. The second kappa shape index (κ2) is 7.41. The molecule has 0 saturated heterocycles. The van der Waals surface area contributed by atoms with E-state index in [2.05, 4.69) is 37.9 Å². The second-order valence-electron chi connectivity index (χ2n) is 6.93. The summed E-state index contributed by atoms with van der Waals surface area (Å²) in [4.78, 5) is 14.3. The number of carbonyl (C=O) groups excluding carboxylic acids is 1. The highest BCUT2D eigenvalue weighted by molar-refractivity contribution is 5.84. The van der Waals surface area contributed by atoms with Crippen molar-refractivity contribution in [3.63, 3.8) is 0 Å². The highest BCUT2D eigenvalue weighted by atomic mass is 16.1. The molecule has 0 spiro atoms. The summed E-state index contributed by atoms with van der Waals surface area (Å²) in [5, 5.41) is 3.35. The molecule has 1 rings (SSSR count). The Bertz CT molecular complexity index is 315. The average Bonchev–Trinajstić information content (AvgIpc) is 2.25. The van der Waals surface area contributed by atoms with Gasteiger partial charge in [-0.1, -0.05) is 13.3 Å². The van der Waals surface area contributed by atoms with Gasteiger partial charge in [0.1, 0.15) is 0 Å². The minimum absolute atomic E-state index is 0.251. The number of rotatable bonds is 9. The molecule has 1 amide bonds. The normalized spacial score (nSPS) is 20.8. The Balaban J connectivity index is 2.62. The van der Waals surface area contributed by atoms with Crippen LogP contribution in [0.25, 0.3) is 0 Å². The van der Waals surface area contributed by atoms with Crippen LogP contribution in [0.3, 0.4) is 0 Å². The summed E-state index contributed by atoms with van der Waals surface area (Å²) < 4.78 is 0. The lowest BCUT2D eigenvalue weighted by molar-refractivity contribution is -0.125. The molecule has 1 fully saturated rings. The van der Waals surface area contributed by atoms with E-state index in [0.717, 1.165) is 25.4 Å². The molecule has 0 aromatic carbocycles. The average molecular weight is 283 g/mol. The van der Waals surface area contributed by atoms with Crippen LogP contribution in [-0.2, 0) is 4.79 Å². The molecule has 1 saturated carbocycles. The van der Waals surface area contributed by atoms with Crippen molar-refractivity contribution in [3.8, 4) is 0 Å². The Morgan fingerprint density at radius 3 is 2.35 bits per heavy atom. The van der Waals surface area contributed by atoms with Crippen LogP contribution in [0.5, 0.6) is 0 Å². The molecule has 2 atom stereocenters. The molecular weight excluding hydrogens is 250 g/mol. The van der Waals surface area contributed by atoms with Gasteiger partial charge in [-0.3, -0.25) is 4.79 Å². The molecule has 0 aromatic heterocycles. The lowest BCUT2D eigenvalue weighted by atomic mass is 9.84. The van der Waals surface area contributed by atoms with Gasteiger partial charge < -0.3 is 16.0 Å². The molecule has 20 heavy (non-hydrogen) atoms. The molecule has 4 heteroatoms. The SMILES string of the molecule is CCN(CC1CCC1)C(C)CC(C)(NC(C)C)C(N)=O. The number of nitrogens with two attached hydrogens (primary N) is 1. The first-order valence-electron chi connectivity index (χ1n) is 8.10. The minimum Gasteiger partial charge on any atom is -0.368 e. The van der Waals surface area contributed by atoms with Crippen LogP contribution < -0.4 is 11.1 Å². The van der Waals surface area contributed by atoms with E-state index in [4.69, 9.17) is 5.73 Å². The first-order valence-corrected chi connectivity index (χ1v) is 8.10. The number of nitrogens with one attached hydrogen (secondary N) is 1. The van der Waals surface area contributed by atoms with E-state index in [1.54, 1.807) is 0 Å². The standard InChI is InChI=1S/C16H33N3O/c1-6-19(11-14-8-7-9-14)13(4)10-16(5,15(17)20)18-12(2)3/h12-14,18H,6-11H2,1-5H3,(H2,17,20). The molecule has 4 nitrogen and oxygen atoms in total. The van der Waals surface area contributed by atoms with E-state index in [1.165, 1.54) is 19.3 Å². The lowest BCUT2D eigenvalue weighted by Gasteiger charge is -2.39. The van der Waals surface area contributed by atoms with Crippen LogP contribution >= 0.6 is 0 Å². The van der Waals surface area contributed by atoms with Crippen molar-refractivity contribution in [1.29, 1.82) is 0 Å². The van der Waals surface area contributed by atoms with Gasteiger partial charge in [-0.05, 0) is 59.4 Å². The maximum absolute atomic E-state index is 11.8. The number of nitrogens with zero attached hydrogens (tertiary/aromatic N) is 1. The third-order valence-electron chi connectivity index (χ3n) is 4.60. The van der Waals surface area contributed by atoms with Gasteiger partial charge in [-0.15, -0.1) is 0 Å². The van der Waals surface area contributed by atoms with Crippen LogP contribution in [0.2, 0.25) is 0 Å². The van der Waals surface area contributed by atoms with E-state index < -0.39 is 5.54 Å². The highest BCUT2D eigenvalue weighted by Crippen LogP contribution is 2.28. The Kier molecular flexibility index (Phi) is 6.46. The third kappa shape index (κ3) is 4.74. The monoisotopic (exact) mass is 283 g/mol. The molecule has 1 aliphatic rings. The van der Waals surface area contributed by atoms with Crippen LogP contribution in [0.15, 0.2) is 0 Å². The Morgan fingerprint density at radius 2 is 2.00 bits per heavy atom. The van der Waals surface area contributed by atoms with E-state index in [0.29, 0.717) is 6.04 Å². The zero-order valence-electron chi connectivity index (χ0n) is 13.9. The number of amides is 1. The molecule has 3 N–H and O–H groups in total. The van der Waals surface area contributed by atoms with E-state index in [9.17, 15) is 4.79 Å². The fraction of sp³-hybridized carbons (Fsp3) is 0.938. The van der Waals surface area contributed by atoms with Crippen molar-refractivity contribution in [2.24, 2.45) is 11.7 Å². The maximum atomic E-state index is 11.8. The van der Waals surface area contributed by atoms with Crippen molar-refractivity contribution < 1.29 is 4.79 Å². The van der Waals surface area contributed by atoms with Gasteiger partial charge in [-0.25, -0.2) is 0 Å². The maximum Gasteiger partial charge on any atom is 0.237 e. The fourth-order valence-electron chi connectivity index (χ4n) is 3.22. The van der Waals surface area contributed by atoms with Crippen molar-refractivity contribution in [2.45, 2.75) is 77.9 Å². The molecule has 1 aliphatic carbocycles. The number of hydrogen-bond donors (Lipinski definition) is 2. The van der Waals surface area contributed by atoms with Gasteiger partial charge in [0.05, 0.1) is 5.54 Å². The van der Waals surface area contributed by atoms with E-state index >= 15 is 0 Å². The van der Waals surface area contributed by atoms with Crippen LogP contribution in [0.4, 0.5) is 0 Å². The molecular formula is C16H33N3O. The summed E-state index contributed by atoms with van der Waals surface area (Å²) in [7, 11) is 0. The van der Waals surface area contributed by atoms with Crippen molar-refractivity contribution in [3.05, 3.63) is 0 Å². The quantitative estimate of drug-likeness (QED) is 0.681. The van der Waals surface area contributed by atoms with Crippen LogP contribution in [-0.4, -0.2) is 41.5 Å². The molecule has 118 valence electrons. The highest BCUT2D eigenvalue weighted by Gasteiger charge is 2.35. The zero-order valence-corrected chi connectivity index (χ0v) is 13.9.